The van der Waals surface area contributed by atoms with Gasteiger partial charge in [-0.25, -0.2) is 0 Å². The summed E-state index contributed by atoms with van der Waals surface area (Å²) in [5, 5.41) is 16.0. The standard InChI is InChI=1S/C9H16N2O/c1-3-5-7(4-2)9-8(12)6-10-11-9/h6-7,12H,3-5H2,1-2H3,(H,10,11). The Labute approximate surface area is 72.8 Å². The van der Waals surface area contributed by atoms with Crippen LogP contribution in [0.2, 0.25) is 0 Å². The average molecular weight is 168 g/mol. The van der Waals surface area contributed by atoms with Crippen molar-refractivity contribution in [3.63, 3.8) is 0 Å². The molecule has 0 aliphatic heterocycles. The Morgan fingerprint density at radius 1 is 1.58 bits per heavy atom. The van der Waals surface area contributed by atoms with E-state index < -0.39 is 0 Å². The summed E-state index contributed by atoms with van der Waals surface area (Å²) < 4.78 is 0. The Morgan fingerprint density at radius 2 is 2.33 bits per heavy atom. The van der Waals surface area contributed by atoms with Crippen LogP contribution < -0.4 is 0 Å². The van der Waals surface area contributed by atoms with E-state index in [2.05, 4.69) is 24.0 Å². The lowest BCUT2D eigenvalue weighted by Crippen LogP contribution is -1.97. The summed E-state index contributed by atoms with van der Waals surface area (Å²) in [5.41, 5.74) is 0.888. The number of nitrogens with one attached hydrogen (secondary N) is 1. The van der Waals surface area contributed by atoms with Gasteiger partial charge in [0.05, 0.1) is 11.9 Å². The smallest absolute Gasteiger partial charge is 0.156 e. The van der Waals surface area contributed by atoms with Crippen LogP contribution in [0.25, 0.3) is 0 Å². The van der Waals surface area contributed by atoms with Crippen LogP contribution in [0.5, 0.6) is 5.75 Å². The van der Waals surface area contributed by atoms with Gasteiger partial charge in [-0.05, 0) is 12.8 Å². The SMILES string of the molecule is CCCC(CC)c1[nH]ncc1O. The Bertz CT molecular complexity index is 232. The van der Waals surface area contributed by atoms with Crippen molar-refractivity contribution in [3.05, 3.63) is 11.9 Å². The van der Waals surface area contributed by atoms with Gasteiger partial charge in [0.15, 0.2) is 5.75 Å². The van der Waals surface area contributed by atoms with Crippen molar-refractivity contribution in [2.24, 2.45) is 0 Å². The molecule has 1 heterocycles. The number of aromatic hydroxyl groups is 1. The van der Waals surface area contributed by atoms with Crippen LogP contribution in [0.4, 0.5) is 0 Å². The summed E-state index contributed by atoms with van der Waals surface area (Å²) >= 11 is 0. The monoisotopic (exact) mass is 168 g/mol. The summed E-state index contributed by atoms with van der Waals surface area (Å²) in [6.07, 6.45) is 4.75. The Morgan fingerprint density at radius 3 is 2.75 bits per heavy atom. The molecule has 68 valence electrons. The highest BCUT2D eigenvalue weighted by Crippen LogP contribution is 2.28. The fraction of sp³-hybridized carbons (Fsp3) is 0.667. The molecule has 0 amide bonds. The topological polar surface area (TPSA) is 48.9 Å². The van der Waals surface area contributed by atoms with E-state index in [4.69, 9.17) is 0 Å². The summed E-state index contributed by atoms with van der Waals surface area (Å²) in [7, 11) is 0. The first-order valence-corrected chi connectivity index (χ1v) is 4.51. The minimum Gasteiger partial charge on any atom is -0.504 e. The van der Waals surface area contributed by atoms with Gasteiger partial charge in [0, 0.05) is 5.92 Å². The second kappa shape index (κ2) is 4.14. The van der Waals surface area contributed by atoms with Gasteiger partial charge >= 0.3 is 0 Å². The Hall–Kier alpha value is -0.990. The first-order chi connectivity index (χ1) is 5.79. The molecule has 0 fully saturated rings. The van der Waals surface area contributed by atoms with Gasteiger partial charge in [-0.3, -0.25) is 5.10 Å². The lowest BCUT2D eigenvalue weighted by atomic mass is 9.97. The molecule has 0 saturated carbocycles. The second-order valence-corrected chi connectivity index (χ2v) is 3.06. The van der Waals surface area contributed by atoms with Crippen molar-refractivity contribution in [1.82, 2.24) is 10.2 Å². The van der Waals surface area contributed by atoms with Crippen molar-refractivity contribution in [1.29, 1.82) is 0 Å². The number of aromatic amines is 1. The first-order valence-electron chi connectivity index (χ1n) is 4.51. The van der Waals surface area contributed by atoms with E-state index in [1.807, 2.05) is 0 Å². The van der Waals surface area contributed by atoms with Gasteiger partial charge < -0.3 is 5.11 Å². The molecule has 1 aromatic rings. The normalized spacial score (nSPS) is 13.2. The van der Waals surface area contributed by atoms with Gasteiger partial charge in [-0.2, -0.15) is 5.10 Å². The predicted octanol–water partition coefficient (Wildman–Crippen LogP) is 2.41. The summed E-state index contributed by atoms with van der Waals surface area (Å²) in [5.74, 6) is 0.729. The molecule has 0 radical (unpaired) electrons. The van der Waals surface area contributed by atoms with Crippen molar-refractivity contribution >= 4 is 0 Å². The molecule has 12 heavy (non-hydrogen) atoms. The van der Waals surface area contributed by atoms with E-state index in [1.54, 1.807) is 0 Å². The van der Waals surface area contributed by atoms with Crippen molar-refractivity contribution in [2.75, 3.05) is 0 Å². The van der Waals surface area contributed by atoms with E-state index in [0.717, 1.165) is 25.0 Å². The molecule has 0 saturated heterocycles. The maximum absolute atomic E-state index is 9.38. The molecule has 3 heteroatoms. The zero-order chi connectivity index (χ0) is 8.97. The molecule has 2 N–H and O–H groups in total. The van der Waals surface area contributed by atoms with Crippen molar-refractivity contribution in [3.8, 4) is 5.75 Å². The lowest BCUT2D eigenvalue weighted by Gasteiger charge is -2.11. The highest BCUT2D eigenvalue weighted by atomic mass is 16.3. The van der Waals surface area contributed by atoms with Crippen LogP contribution >= 0.6 is 0 Å². The van der Waals surface area contributed by atoms with Crippen LogP contribution in [0.1, 0.15) is 44.7 Å². The summed E-state index contributed by atoms with van der Waals surface area (Å²) in [4.78, 5) is 0. The van der Waals surface area contributed by atoms with E-state index in [9.17, 15) is 5.11 Å². The van der Waals surface area contributed by atoms with Crippen LogP contribution in [-0.4, -0.2) is 15.3 Å². The molecule has 1 rings (SSSR count). The maximum atomic E-state index is 9.38. The third-order valence-electron chi connectivity index (χ3n) is 2.19. The summed E-state index contributed by atoms with van der Waals surface area (Å²) in [6, 6.07) is 0. The largest absolute Gasteiger partial charge is 0.504 e. The second-order valence-electron chi connectivity index (χ2n) is 3.06. The number of rotatable bonds is 4. The van der Waals surface area contributed by atoms with E-state index >= 15 is 0 Å². The maximum Gasteiger partial charge on any atom is 0.156 e. The molecule has 0 bridgehead atoms. The van der Waals surface area contributed by atoms with E-state index in [0.29, 0.717) is 11.7 Å². The molecule has 0 aliphatic carbocycles. The minimum atomic E-state index is 0.301. The van der Waals surface area contributed by atoms with E-state index in [-0.39, 0.29) is 0 Å². The predicted molar refractivity (Wildman–Crippen MR) is 48.2 cm³/mol. The number of nitrogens with zero attached hydrogens (tertiary/aromatic N) is 1. The van der Waals surface area contributed by atoms with E-state index in [1.165, 1.54) is 6.20 Å². The molecule has 0 aliphatic rings. The molecule has 1 unspecified atom stereocenters. The van der Waals surface area contributed by atoms with Crippen LogP contribution in [0.15, 0.2) is 6.20 Å². The number of H-pyrrole nitrogens is 1. The van der Waals surface area contributed by atoms with Crippen molar-refractivity contribution < 1.29 is 5.11 Å². The molecule has 3 nitrogen and oxygen atoms in total. The average Bonchev–Trinajstić information content (AvgIpc) is 2.47. The summed E-state index contributed by atoms with van der Waals surface area (Å²) in [6.45, 7) is 4.27. The molecular formula is C9H16N2O. The van der Waals surface area contributed by atoms with Gasteiger partial charge in [-0.15, -0.1) is 0 Å². The zero-order valence-corrected chi connectivity index (χ0v) is 7.67. The Kier molecular flexibility index (Phi) is 3.14. The molecular weight excluding hydrogens is 152 g/mol. The molecule has 1 aromatic heterocycles. The van der Waals surface area contributed by atoms with Crippen molar-refractivity contribution in [2.45, 2.75) is 39.0 Å². The van der Waals surface area contributed by atoms with Gasteiger partial charge in [0.1, 0.15) is 0 Å². The molecule has 1 atom stereocenters. The van der Waals surface area contributed by atoms with Gasteiger partial charge in [0.25, 0.3) is 0 Å². The number of hydrogen-bond donors (Lipinski definition) is 2. The minimum absolute atomic E-state index is 0.301. The lowest BCUT2D eigenvalue weighted by molar-refractivity contribution is 0.453. The van der Waals surface area contributed by atoms with Crippen LogP contribution in [-0.2, 0) is 0 Å². The van der Waals surface area contributed by atoms with Gasteiger partial charge in [0.2, 0.25) is 0 Å². The van der Waals surface area contributed by atoms with Crippen LogP contribution in [0, 0.1) is 0 Å². The number of aromatic nitrogens is 2. The quantitative estimate of drug-likeness (QED) is 0.725. The first kappa shape index (κ1) is 9.10. The third-order valence-corrected chi connectivity index (χ3v) is 2.19. The fourth-order valence-corrected chi connectivity index (χ4v) is 1.49. The van der Waals surface area contributed by atoms with Crippen LogP contribution in [0.3, 0.4) is 0 Å². The fourth-order valence-electron chi connectivity index (χ4n) is 1.49. The van der Waals surface area contributed by atoms with Gasteiger partial charge in [-0.1, -0.05) is 20.3 Å². The highest BCUT2D eigenvalue weighted by molar-refractivity contribution is 5.25. The third kappa shape index (κ3) is 1.78. The Balaban J connectivity index is 2.72. The molecule has 0 aromatic carbocycles. The zero-order valence-electron chi connectivity index (χ0n) is 7.67. The highest BCUT2D eigenvalue weighted by Gasteiger charge is 2.13. The number of hydrogen-bond acceptors (Lipinski definition) is 2. The molecule has 0 spiro atoms.